The molecule has 0 heterocycles. The molecule has 0 atom stereocenters. The highest BCUT2D eigenvalue weighted by atomic mass is 16.7. The van der Waals surface area contributed by atoms with Crippen LogP contribution in [0.2, 0.25) is 0 Å². The zero-order valence-corrected chi connectivity index (χ0v) is 12.8. The first-order valence-corrected chi connectivity index (χ1v) is 6.84. The van der Waals surface area contributed by atoms with Crippen molar-refractivity contribution in [3.8, 4) is 11.5 Å². The maximum Gasteiger partial charge on any atom is 0.188 e. The summed E-state index contributed by atoms with van der Waals surface area (Å²) >= 11 is 0. The number of carbonyl (C=O) groups is 1. The van der Waals surface area contributed by atoms with E-state index in [0.717, 1.165) is 22.6 Å². The fourth-order valence-electron chi connectivity index (χ4n) is 2.46. The van der Waals surface area contributed by atoms with Gasteiger partial charge in [-0.2, -0.15) is 0 Å². The minimum atomic E-state index is 0.123. The number of ether oxygens (including phenoxy) is 3. The standard InChI is InChI=1S/C17H20O4/c1-11(2)13-6-5-7-14-12(9-18)8-15(20-4)17(16(13)14)21-10-19-3/h5-9,11H,10H2,1-4H3. The molecule has 0 saturated carbocycles. The zero-order valence-electron chi connectivity index (χ0n) is 12.8. The van der Waals surface area contributed by atoms with Crippen LogP contribution in [0.5, 0.6) is 11.5 Å². The Morgan fingerprint density at radius 2 is 2.00 bits per heavy atom. The number of carbonyl (C=O) groups excluding carboxylic acids is 1. The van der Waals surface area contributed by atoms with Crippen molar-refractivity contribution in [1.29, 1.82) is 0 Å². The molecule has 0 amide bonds. The first-order chi connectivity index (χ1) is 10.1. The minimum Gasteiger partial charge on any atom is -0.493 e. The molecule has 112 valence electrons. The number of methoxy groups -OCH3 is 2. The van der Waals surface area contributed by atoms with Crippen LogP contribution in [0.15, 0.2) is 24.3 Å². The quantitative estimate of drug-likeness (QED) is 0.599. The summed E-state index contributed by atoms with van der Waals surface area (Å²) in [7, 11) is 3.13. The molecule has 2 rings (SSSR count). The normalized spacial score (nSPS) is 10.9. The molecular formula is C17H20O4. The number of rotatable bonds is 6. The summed E-state index contributed by atoms with van der Waals surface area (Å²) in [6.45, 7) is 4.34. The maximum atomic E-state index is 11.4. The van der Waals surface area contributed by atoms with Crippen LogP contribution in [-0.4, -0.2) is 27.3 Å². The predicted molar refractivity (Wildman–Crippen MR) is 82.5 cm³/mol. The van der Waals surface area contributed by atoms with Gasteiger partial charge >= 0.3 is 0 Å². The van der Waals surface area contributed by atoms with Crippen LogP contribution >= 0.6 is 0 Å². The maximum absolute atomic E-state index is 11.4. The van der Waals surface area contributed by atoms with Crippen molar-refractivity contribution in [2.45, 2.75) is 19.8 Å². The van der Waals surface area contributed by atoms with Crippen molar-refractivity contribution in [2.75, 3.05) is 21.0 Å². The van der Waals surface area contributed by atoms with Gasteiger partial charge in [0.1, 0.15) is 0 Å². The number of benzene rings is 2. The third-order valence-corrected chi connectivity index (χ3v) is 3.44. The Morgan fingerprint density at radius 1 is 1.24 bits per heavy atom. The lowest BCUT2D eigenvalue weighted by Gasteiger charge is -2.18. The summed E-state index contributed by atoms with van der Waals surface area (Å²) in [5, 5.41) is 1.77. The topological polar surface area (TPSA) is 44.8 Å². The van der Waals surface area contributed by atoms with Gasteiger partial charge in [0.15, 0.2) is 24.6 Å². The van der Waals surface area contributed by atoms with Crippen LogP contribution in [0.3, 0.4) is 0 Å². The molecule has 0 aromatic heterocycles. The van der Waals surface area contributed by atoms with Gasteiger partial charge in [-0.05, 0) is 22.9 Å². The Kier molecular flexibility index (Phi) is 4.81. The van der Waals surface area contributed by atoms with Gasteiger partial charge in [0.25, 0.3) is 0 Å². The van der Waals surface area contributed by atoms with Crippen LogP contribution in [0.1, 0.15) is 35.7 Å². The van der Waals surface area contributed by atoms with Gasteiger partial charge in [-0.1, -0.05) is 32.0 Å². The smallest absolute Gasteiger partial charge is 0.188 e. The molecule has 0 fully saturated rings. The number of hydrogen-bond donors (Lipinski definition) is 0. The summed E-state index contributed by atoms with van der Waals surface area (Å²) in [6, 6.07) is 7.62. The lowest BCUT2D eigenvalue weighted by Crippen LogP contribution is -2.04. The van der Waals surface area contributed by atoms with Crippen molar-refractivity contribution in [3.63, 3.8) is 0 Å². The van der Waals surface area contributed by atoms with E-state index in [-0.39, 0.29) is 6.79 Å². The fourth-order valence-corrected chi connectivity index (χ4v) is 2.46. The SMILES string of the molecule is COCOc1c(OC)cc(C=O)c2cccc(C(C)C)c12. The molecule has 0 radical (unpaired) electrons. The lowest BCUT2D eigenvalue weighted by atomic mass is 9.93. The van der Waals surface area contributed by atoms with Crippen LogP contribution in [0, 0.1) is 0 Å². The Morgan fingerprint density at radius 3 is 2.57 bits per heavy atom. The number of aldehydes is 1. The molecule has 0 N–H and O–H groups in total. The summed E-state index contributed by atoms with van der Waals surface area (Å²) in [4.78, 5) is 11.4. The highest BCUT2D eigenvalue weighted by Crippen LogP contribution is 2.41. The van der Waals surface area contributed by atoms with E-state index in [1.165, 1.54) is 0 Å². The molecular weight excluding hydrogens is 268 g/mol. The Hall–Kier alpha value is -2.07. The Bertz CT molecular complexity index is 647. The summed E-state index contributed by atoms with van der Waals surface area (Å²) in [5.41, 5.74) is 1.70. The van der Waals surface area contributed by atoms with Crippen LogP contribution in [0.25, 0.3) is 10.8 Å². The molecule has 21 heavy (non-hydrogen) atoms. The third kappa shape index (κ3) is 2.85. The van der Waals surface area contributed by atoms with E-state index in [1.807, 2.05) is 18.2 Å². The van der Waals surface area contributed by atoms with E-state index in [0.29, 0.717) is 23.0 Å². The van der Waals surface area contributed by atoms with E-state index >= 15 is 0 Å². The van der Waals surface area contributed by atoms with Gasteiger partial charge in [-0.15, -0.1) is 0 Å². The van der Waals surface area contributed by atoms with Crippen LogP contribution in [0.4, 0.5) is 0 Å². The molecule has 2 aromatic rings. The third-order valence-electron chi connectivity index (χ3n) is 3.44. The average molecular weight is 288 g/mol. The second-order valence-electron chi connectivity index (χ2n) is 5.09. The van der Waals surface area contributed by atoms with Crippen LogP contribution < -0.4 is 9.47 Å². The summed E-state index contributed by atoms with van der Waals surface area (Å²) in [6.07, 6.45) is 0.842. The summed E-state index contributed by atoms with van der Waals surface area (Å²) < 4.78 is 16.1. The Labute approximate surface area is 124 Å². The lowest BCUT2D eigenvalue weighted by molar-refractivity contribution is 0.0503. The molecule has 2 aromatic carbocycles. The van der Waals surface area contributed by atoms with Gasteiger partial charge < -0.3 is 14.2 Å². The molecule has 0 aliphatic heterocycles. The molecule has 0 aliphatic rings. The van der Waals surface area contributed by atoms with Crippen molar-refractivity contribution in [1.82, 2.24) is 0 Å². The van der Waals surface area contributed by atoms with Crippen molar-refractivity contribution in [3.05, 3.63) is 35.4 Å². The second-order valence-corrected chi connectivity index (χ2v) is 5.09. The highest BCUT2D eigenvalue weighted by Gasteiger charge is 2.18. The first-order valence-electron chi connectivity index (χ1n) is 6.84. The molecule has 0 saturated heterocycles. The minimum absolute atomic E-state index is 0.123. The van der Waals surface area contributed by atoms with Gasteiger partial charge in [0.2, 0.25) is 0 Å². The van der Waals surface area contributed by atoms with E-state index < -0.39 is 0 Å². The predicted octanol–water partition coefficient (Wildman–Crippen LogP) is 3.77. The monoisotopic (exact) mass is 288 g/mol. The van der Waals surface area contributed by atoms with Gasteiger partial charge in [0.05, 0.1) is 7.11 Å². The molecule has 0 bridgehead atoms. The van der Waals surface area contributed by atoms with Crippen LogP contribution in [-0.2, 0) is 4.74 Å². The fraction of sp³-hybridized carbons (Fsp3) is 0.353. The van der Waals surface area contributed by atoms with Crippen molar-refractivity contribution in [2.24, 2.45) is 0 Å². The number of fused-ring (bicyclic) bond motifs is 1. The van der Waals surface area contributed by atoms with E-state index in [4.69, 9.17) is 14.2 Å². The molecule has 0 spiro atoms. The van der Waals surface area contributed by atoms with Gasteiger partial charge in [0, 0.05) is 18.1 Å². The number of hydrogen-bond acceptors (Lipinski definition) is 4. The van der Waals surface area contributed by atoms with Gasteiger partial charge in [-0.3, -0.25) is 4.79 Å². The molecule has 0 unspecified atom stereocenters. The van der Waals surface area contributed by atoms with Crippen molar-refractivity contribution >= 4 is 17.1 Å². The van der Waals surface area contributed by atoms with E-state index in [2.05, 4.69) is 13.8 Å². The van der Waals surface area contributed by atoms with Gasteiger partial charge in [-0.25, -0.2) is 0 Å². The molecule has 4 nitrogen and oxygen atoms in total. The van der Waals surface area contributed by atoms with E-state index in [1.54, 1.807) is 20.3 Å². The first kappa shape index (κ1) is 15.3. The zero-order chi connectivity index (χ0) is 15.4. The average Bonchev–Trinajstić information content (AvgIpc) is 2.51. The summed E-state index contributed by atoms with van der Waals surface area (Å²) in [5.74, 6) is 1.45. The van der Waals surface area contributed by atoms with Crippen molar-refractivity contribution < 1.29 is 19.0 Å². The highest BCUT2D eigenvalue weighted by molar-refractivity contribution is 6.04. The second kappa shape index (κ2) is 6.59. The molecule has 0 aliphatic carbocycles. The molecule has 4 heteroatoms. The largest absolute Gasteiger partial charge is 0.493 e. The Balaban J connectivity index is 2.84. The van der Waals surface area contributed by atoms with E-state index in [9.17, 15) is 4.79 Å².